The molecule has 7 nitrogen and oxygen atoms in total. The quantitative estimate of drug-likeness (QED) is 0.254. The minimum absolute atomic E-state index is 0. The average Bonchev–Trinajstić information content (AvgIpc) is 3.39. The normalized spacial score (nSPS) is 16.6. The minimum atomic E-state index is 0. The number of methoxy groups -OCH3 is 1. The van der Waals surface area contributed by atoms with Crippen molar-refractivity contribution in [2.75, 3.05) is 45.2 Å². The third kappa shape index (κ3) is 6.57. The standard InChI is InChI=1S/C20H30N6O.HI/c1-21-20(22-9-4-11-26-12-5-10-24-26)23-15-17-8-13-25(16-17)18-6-3-7-19(14-18)27-2;/h3,5-7,10,12,14,17H,4,8-9,11,13,15-16H2,1-2H3,(H2,21,22,23);1H. The Kier molecular flexibility index (Phi) is 9.39. The SMILES string of the molecule is CN=C(NCCCn1cccn1)NCC1CCN(c2cccc(OC)c2)C1.I. The van der Waals surface area contributed by atoms with E-state index in [0.717, 1.165) is 50.9 Å². The molecule has 0 spiro atoms. The van der Waals surface area contributed by atoms with E-state index in [9.17, 15) is 0 Å². The number of rotatable bonds is 8. The molecular weight excluding hydrogens is 467 g/mol. The number of nitrogens with zero attached hydrogens (tertiary/aromatic N) is 4. The first-order valence-corrected chi connectivity index (χ1v) is 9.59. The zero-order chi connectivity index (χ0) is 18.9. The molecule has 0 radical (unpaired) electrons. The number of halogens is 1. The van der Waals surface area contributed by atoms with E-state index < -0.39 is 0 Å². The summed E-state index contributed by atoms with van der Waals surface area (Å²) in [6.07, 6.45) is 5.99. The molecule has 2 heterocycles. The monoisotopic (exact) mass is 498 g/mol. The van der Waals surface area contributed by atoms with Gasteiger partial charge in [0.1, 0.15) is 5.75 Å². The summed E-state index contributed by atoms with van der Waals surface area (Å²) in [6, 6.07) is 10.2. The maximum absolute atomic E-state index is 5.34. The molecule has 1 fully saturated rings. The summed E-state index contributed by atoms with van der Waals surface area (Å²) >= 11 is 0. The zero-order valence-electron chi connectivity index (χ0n) is 16.7. The Balaban J connectivity index is 0.00000280. The maximum atomic E-state index is 5.34. The molecule has 1 aliphatic rings. The van der Waals surface area contributed by atoms with Crippen LogP contribution in [0.2, 0.25) is 0 Å². The van der Waals surface area contributed by atoms with E-state index in [2.05, 4.69) is 43.8 Å². The van der Waals surface area contributed by atoms with Gasteiger partial charge in [-0.2, -0.15) is 5.10 Å². The molecular formula is C20H31IN6O. The second-order valence-corrected chi connectivity index (χ2v) is 6.80. The highest BCUT2D eigenvalue weighted by Gasteiger charge is 2.23. The molecule has 1 saturated heterocycles. The smallest absolute Gasteiger partial charge is 0.190 e. The fourth-order valence-corrected chi connectivity index (χ4v) is 3.38. The lowest BCUT2D eigenvalue weighted by Crippen LogP contribution is -2.40. The number of hydrogen-bond donors (Lipinski definition) is 2. The van der Waals surface area contributed by atoms with E-state index in [-0.39, 0.29) is 24.0 Å². The van der Waals surface area contributed by atoms with E-state index in [4.69, 9.17) is 4.74 Å². The van der Waals surface area contributed by atoms with Crippen molar-refractivity contribution in [3.05, 3.63) is 42.7 Å². The van der Waals surface area contributed by atoms with Crippen LogP contribution in [0.5, 0.6) is 5.75 Å². The van der Waals surface area contributed by atoms with Gasteiger partial charge in [-0.15, -0.1) is 24.0 Å². The number of aromatic nitrogens is 2. The first-order valence-electron chi connectivity index (χ1n) is 9.59. The second kappa shape index (κ2) is 11.8. The number of guanidine groups is 1. The van der Waals surface area contributed by atoms with Gasteiger partial charge in [-0.3, -0.25) is 9.67 Å². The first kappa shape index (κ1) is 22.3. The molecule has 2 aromatic rings. The van der Waals surface area contributed by atoms with E-state index in [1.807, 2.05) is 36.3 Å². The molecule has 0 bridgehead atoms. The molecule has 1 aromatic carbocycles. The molecule has 1 atom stereocenters. The van der Waals surface area contributed by atoms with Gasteiger partial charge in [0.25, 0.3) is 0 Å². The molecule has 8 heteroatoms. The topological polar surface area (TPSA) is 66.7 Å². The van der Waals surface area contributed by atoms with Gasteiger partial charge in [0.05, 0.1) is 7.11 Å². The van der Waals surface area contributed by atoms with Crippen LogP contribution in [0.1, 0.15) is 12.8 Å². The summed E-state index contributed by atoms with van der Waals surface area (Å²) in [5.74, 6) is 2.39. The zero-order valence-corrected chi connectivity index (χ0v) is 19.0. The van der Waals surface area contributed by atoms with Gasteiger partial charge in [-0.05, 0) is 37.0 Å². The number of nitrogens with one attached hydrogen (secondary N) is 2. The summed E-state index contributed by atoms with van der Waals surface area (Å²) < 4.78 is 7.28. The van der Waals surface area contributed by atoms with Crippen LogP contribution in [0.15, 0.2) is 47.7 Å². The second-order valence-electron chi connectivity index (χ2n) is 6.80. The van der Waals surface area contributed by atoms with Crippen molar-refractivity contribution >= 4 is 35.6 Å². The van der Waals surface area contributed by atoms with Crippen LogP contribution >= 0.6 is 24.0 Å². The van der Waals surface area contributed by atoms with Crippen molar-refractivity contribution < 1.29 is 4.74 Å². The largest absolute Gasteiger partial charge is 0.497 e. The molecule has 3 rings (SSSR count). The number of aryl methyl sites for hydroxylation is 1. The van der Waals surface area contributed by atoms with Gasteiger partial charge in [0.15, 0.2) is 5.96 Å². The lowest BCUT2D eigenvalue weighted by Gasteiger charge is -2.20. The van der Waals surface area contributed by atoms with Gasteiger partial charge in [0.2, 0.25) is 0 Å². The Morgan fingerprint density at radius 2 is 2.21 bits per heavy atom. The lowest BCUT2D eigenvalue weighted by molar-refractivity contribution is 0.415. The fraction of sp³-hybridized carbons (Fsp3) is 0.500. The average molecular weight is 498 g/mol. The highest BCUT2D eigenvalue weighted by Crippen LogP contribution is 2.26. The summed E-state index contributed by atoms with van der Waals surface area (Å²) in [5.41, 5.74) is 1.23. The maximum Gasteiger partial charge on any atom is 0.190 e. The molecule has 1 unspecified atom stereocenters. The number of benzene rings is 1. The van der Waals surface area contributed by atoms with Crippen LogP contribution in [0.25, 0.3) is 0 Å². The minimum Gasteiger partial charge on any atom is -0.497 e. The predicted octanol–water partition coefficient (Wildman–Crippen LogP) is 2.59. The van der Waals surface area contributed by atoms with Crippen LogP contribution in [-0.4, -0.2) is 56.1 Å². The summed E-state index contributed by atoms with van der Waals surface area (Å²) in [7, 11) is 3.53. The summed E-state index contributed by atoms with van der Waals surface area (Å²) in [4.78, 5) is 6.75. The van der Waals surface area contributed by atoms with Gasteiger partial charge < -0.3 is 20.3 Å². The Morgan fingerprint density at radius 3 is 2.96 bits per heavy atom. The van der Waals surface area contributed by atoms with E-state index in [1.54, 1.807) is 7.11 Å². The fourth-order valence-electron chi connectivity index (χ4n) is 3.38. The Hall–Kier alpha value is -1.97. The van der Waals surface area contributed by atoms with Crippen molar-refractivity contribution in [3.8, 4) is 5.75 Å². The van der Waals surface area contributed by atoms with Crippen molar-refractivity contribution in [1.29, 1.82) is 0 Å². The summed E-state index contributed by atoms with van der Waals surface area (Å²) in [5, 5.41) is 11.1. The molecule has 0 saturated carbocycles. The third-order valence-electron chi connectivity index (χ3n) is 4.90. The number of aliphatic imine (C=N–C) groups is 1. The number of hydrogen-bond acceptors (Lipinski definition) is 4. The van der Waals surface area contributed by atoms with Gasteiger partial charge >= 0.3 is 0 Å². The van der Waals surface area contributed by atoms with Gasteiger partial charge in [-0.25, -0.2) is 0 Å². The Bertz CT molecular complexity index is 721. The molecule has 1 aromatic heterocycles. The van der Waals surface area contributed by atoms with E-state index in [1.165, 1.54) is 12.1 Å². The van der Waals surface area contributed by atoms with Crippen LogP contribution in [0.4, 0.5) is 5.69 Å². The Morgan fingerprint density at radius 1 is 1.32 bits per heavy atom. The molecule has 28 heavy (non-hydrogen) atoms. The molecule has 0 aliphatic carbocycles. The van der Waals surface area contributed by atoms with Crippen molar-refractivity contribution in [3.63, 3.8) is 0 Å². The number of ether oxygens (including phenoxy) is 1. The number of anilines is 1. The van der Waals surface area contributed by atoms with Crippen molar-refractivity contribution in [2.24, 2.45) is 10.9 Å². The van der Waals surface area contributed by atoms with Crippen molar-refractivity contribution in [1.82, 2.24) is 20.4 Å². The van der Waals surface area contributed by atoms with Crippen LogP contribution < -0.4 is 20.3 Å². The highest BCUT2D eigenvalue weighted by atomic mass is 127. The molecule has 154 valence electrons. The molecule has 1 aliphatic heterocycles. The van der Waals surface area contributed by atoms with Crippen LogP contribution in [0, 0.1) is 5.92 Å². The van der Waals surface area contributed by atoms with Crippen molar-refractivity contribution in [2.45, 2.75) is 19.4 Å². The van der Waals surface area contributed by atoms with E-state index >= 15 is 0 Å². The molecule has 0 amide bonds. The van der Waals surface area contributed by atoms with E-state index in [0.29, 0.717) is 5.92 Å². The van der Waals surface area contributed by atoms with Crippen LogP contribution in [0.3, 0.4) is 0 Å². The highest BCUT2D eigenvalue weighted by molar-refractivity contribution is 14.0. The first-order chi connectivity index (χ1) is 13.3. The molecule has 2 N–H and O–H groups in total. The summed E-state index contributed by atoms with van der Waals surface area (Å²) in [6.45, 7) is 4.85. The van der Waals surface area contributed by atoms with Crippen LogP contribution in [-0.2, 0) is 6.54 Å². The predicted molar refractivity (Wildman–Crippen MR) is 125 cm³/mol. The third-order valence-corrected chi connectivity index (χ3v) is 4.90. The van der Waals surface area contributed by atoms with Gasteiger partial charge in [0, 0.05) is 63.9 Å². The lowest BCUT2D eigenvalue weighted by atomic mass is 10.1. The Labute approximate surface area is 184 Å². The van der Waals surface area contributed by atoms with Gasteiger partial charge in [-0.1, -0.05) is 6.07 Å².